The fourth-order valence-corrected chi connectivity index (χ4v) is 5.93. The summed E-state index contributed by atoms with van der Waals surface area (Å²) < 4.78 is 2.32. The molecule has 1 aromatic rings. The first-order valence-corrected chi connectivity index (χ1v) is 8.06. The normalized spacial score (nSPS) is 26.1. The van der Waals surface area contributed by atoms with Gasteiger partial charge in [0.15, 0.2) is 0 Å². The molecular formula is C14H18IO-. The van der Waals surface area contributed by atoms with Crippen LogP contribution in [0.2, 0.25) is 0 Å². The van der Waals surface area contributed by atoms with Crippen molar-refractivity contribution in [2.45, 2.75) is 30.6 Å². The quantitative estimate of drug-likeness (QED) is 0.622. The van der Waals surface area contributed by atoms with Crippen molar-refractivity contribution in [2.75, 3.05) is 0 Å². The van der Waals surface area contributed by atoms with E-state index in [1.165, 1.54) is 9.14 Å². The molecule has 0 saturated heterocycles. The van der Waals surface area contributed by atoms with Gasteiger partial charge in [-0.15, -0.1) is 0 Å². The summed E-state index contributed by atoms with van der Waals surface area (Å²) in [6, 6.07) is 10.8. The van der Waals surface area contributed by atoms with Crippen LogP contribution in [0, 0.1) is 9.49 Å². The molecule has 1 aliphatic carbocycles. The molecule has 0 spiro atoms. The van der Waals surface area contributed by atoms with Gasteiger partial charge in [0, 0.05) is 0 Å². The van der Waals surface area contributed by atoms with Gasteiger partial charge in [-0.1, -0.05) is 0 Å². The van der Waals surface area contributed by atoms with Crippen LogP contribution in [-0.4, -0.2) is 9.03 Å². The van der Waals surface area contributed by atoms with Crippen molar-refractivity contribution in [3.63, 3.8) is 0 Å². The summed E-state index contributed by atoms with van der Waals surface area (Å²) in [7, 11) is 0. The van der Waals surface area contributed by atoms with Crippen LogP contribution in [0.4, 0.5) is 0 Å². The van der Waals surface area contributed by atoms with E-state index in [0.29, 0.717) is 11.7 Å². The molecule has 1 nitrogen and oxygen atoms in total. The van der Waals surface area contributed by atoms with Crippen molar-refractivity contribution < 1.29 is 26.3 Å². The van der Waals surface area contributed by atoms with E-state index in [9.17, 15) is 5.11 Å². The molecule has 0 aromatic heterocycles. The molecule has 1 aliphatic rings. The molecule has 0 heterocycles. The first-order chi connectivity index (χ1) is 7.66. The van der Waals surface area contributed by atoms with Crippen molar-refractivity contribution >= 4 is 0 Å². The maximum atomic E-state index is 9.82. The Morgan fingerprint density at radius 1 is 1.25 bits per heavy atom. The van der Waals surface area contributed by atoms with Crippen molar-refractivity contribution in [1.82, 2.24) is 0 Å². The SMILES string of the molecule is CC1=C(O)C(C)CC([I-]c2ccccc2)C1. The van der Waals surface area contributed by atoms with Crippen LogP contribution < -0.4 is 21.2 Å². The Labute approximate surface area is 108 Å². The third-order valence-corrected chi connectivity index (χ3v) is 6.32. The molecule has 1 N–H and O–H groups in total. The van der Waals surface area contributed by atoms with Gasteiger partial charge in [0.2, 0.25) is 0 Å². The predicted octanol–water partition coefficient (Wildman–Crippen LogP) is 0.576. The van der Waals surface area contributed by atoms with E-state index in [1.54, 1.807) is 0 Å². The molecule has 0 amide bonds. The van der Waals surface area contributed by atoms with Gasteiger partial charge in [0.25, 0.3) is 0 Å². The summed E-state index contributed by atoms with van der Waals surface area (Å²) in [5, 5.41) is 9.82. The number of aliphatic hydroxyl groups excluding tert-OH is 1. The molecule has 2 unspecified atom stereocenters. The fourth-order valence-electron chi connectivity index (χ4n) is 2.18. The van der Waals surface area contributed by atoms with Crippen molar-refractivity contribution in [2.24, 2.45) is 5.92 Å². The van der Waals surface area contributed by atoms with Crippen LogP contribution in [0.3, 0.4) is 0 Å². The van der Waals surface area contributed by atoms with Crippen LogP contribution in [0.25, 0.3) is 0 Å². The Balaban J connectivity index is 2.04. The summed E-state index contributed by atoms with van der Waals surface area (Å²) in [6.07, 6.45) is 2.25. The molecule has 0 fully saturated rings. The average molecular weight is 329 g/mol. The second-order valence-electron chi connectivity index (χ2n) is 4.51. The summed E-state index contributed by atoms with van der Waals surface area (Å²) >= 11 is 0.0865. The molecule has 0 saturated carbocycles. The van der Waals surface area contributed by atoms with Gasteiger partial charge in [0.05, 0.1) is 0 Å². The Hall–Kier alpha value is -0.510. The van der Waals surface area contributed by atoms with Crippen LogP contribution in [0.1, 0.15) is 26.7 Å². The first kappa shape index (κ1) is 12.0. The number of aliphatic hydroxyl groups is 1. The zero-order chi connectivity index (χ0) is 11.5. The van der Waals surface area contributed by atoms with E-state index in [-0.39, 0.29) is 21.2 Å². The zero-order valence-corrected chi connectivity index (χ0v) is 11.9. The maximum absolute atomic E-state index is 9.82. The van der Waals surface area contributed by atoms with Crippen LogP contribution in [0.5, 0.6) is 0 Å². The van der Waals surface area contributed by atoms with Crippen LogP contribution in [0.15, 0.2) is 41.7 Å². The molecule has 16 heavy (non-hydrogen) atoms. The number of rotatable bonds is 2. The second kappa shape index (κ2) is 5.21. The molecule has 1 aromatic carbocycles. The Bertz CT molecular complexity index is 383. The van der Waals surface area contributed by atoms with Gasteiger partial charge in [0.1, 0.15) is 0 Å². The number of halogens is 1. The van der Waals surface area contributed by atoms with Crippen molar-refractivity contribution in [3.8, 4) is 0 Å². The summed E-state index contributed by atoms with van der Waals surface area (Å²) in [5.74, 6) is 1.01. The Kier molecular flexibility index (Phi) is 3.90. The van der Waals surface area contributed by atoms with E-state index < -0.39 is 0 Å². The third-order valence-electron chi connectivity index (χ3n) is 3.05. The van der Waals surface area contributed by atoms with Crippen molar-refractivity contribution in [3.05, 3.63) is 45.2 Å². The molecule has 88 valence electrons. The number of hydrogen-bond donors (Lipinski definition) is 1. The minimum atomic E-state index is 0.0865. The van der Waals surface area contributed by atoms with Crippen LogP contribution in [-0.2, 0) is 0 Å². The predicted molar refractivity (Wildman–Crippen MR) is 62.7 cm³/mol. The third kappa shape index (κ3) is 2.78. The molecule has 0 aliphatic heterocycles. The minimum absolute atomic E-state index is 0.0865. The summed E-state index contributed by atoms with van der Waals surface area (Å²) in [6.45, 7) is 4.21. The van der Waals surface area contributed by atoms with Gasteiger partial charge in [-0.25, -0.2) is 0 Å². The van der Waals surface area contributed by atoms with E-state index >= 15 is 0 Å². The van der Waals surface area contributed by atoms with Gasteiger partial charge < -0.3 is 0 Å². The molecule has 2 heteroatoms. The number of alkyl halides is 1. The van der Waals surface area contributed by atoms with Crippen molar-refractivity contribution in [1.29, 1.82) is 0 Å². The zero-order valence-electron chi connectivity index (χ0n) is 9.78. The topological polar surface area (TPSA) is 20.2 Å². The standard InChI is InChI=1S/C14H18IO/c1-10-8-13(9-11(2)14(10)16)15-12-6-4-3-5-7-12/h3-7,10,13,16H,8-9H2,1-2H3/q-1. The fraction of sp³-hybridized carbons (Fsp3) is 0.429. The number of hydrogen-bond acceptors (Lipinski definition) is 1. The van der Waals surface area contributed by atoms with E-state index in [2.05, 4.69) is 44.2 Å². The van der Waals surface area contributed by atoms with Gasteiger partial charge in [-0.2, -0.15) is 0 Å². The Morgan fingerprint density at radius 2 is 1.94 bits per heavy atom. The summed E-state index contributed by atoms with van der Waals surface area (Å²) in [5.41, 5.74) is 1.21. The summed E-state index contributed by atoms with van der Waals surface area (Å²) in [4.78, 5) is 0. The average Bonchev–Trinajstić information content (AvgIpc) is 2.27. The molecule has 0 bridgehead atoms. The number of benzene rings is 1. The van der Waals surface area contributed by atoms with Crippen LogP contribution >= 0.6 is 0 Å². The Morgan fingerprint density at radius 3 is 2.56 bits per heavy atom. The second-order valence-corrected chi connectivity index (χ2v) is 8.14. The number of allylic oxidation sites excluding steroid dienone is 2. The monoisotopic (exact) mass is 329 g/mol. The molecule has 2 rings (SSSR count). The van der Waals surface area contributed by atoms with Gasteiger partial charge in [-0.3, -0.25) is 0 Å². The van der Waals surface area contributed by atoms with E-state index in [0.717, 1.165) is 16.8 Å². The van der Waals surface area contributed by atoms with Gasteiger partial charge >= 0.3 is 108 Å². The molecular weight excluding hydrogens is 311 g/mol. The first-order valence-electron chi connectivity index (χ1n) is 5.74. The van der Waals surface area contributed by atoms with E-state index in [1.807, 2.05) is 0 Å². The molecule has 0 radical (unpaired) electrons. The molecule has 2 atom stereocenters. The van der Waals surface area contributed by atoms with Gasteiger partial charge in [-0.05, 0) is 0 Å². The van der Waals surface area contributed by atoms with E-state index in [4.69, 9.17) is 0 Å².